The number of anilines is 3. The fourth-order valence-electron chi connectivity index (χ4n) is 7.23. The normalized spacial score (nSPS) is 11.8. The molecule has 0 spiro atoms. The molecule has 0 unspecified atom stereocenters. The second-order valence-corrected chi connectivity index (χ2v) is 12.1. The van der Waals surface area contributed by atoms with E-state index in [1.54, 1.807) is 0 Å². The Hall–Kier alpha value is -6.32. The number of rotatable bonds is 4. The summed E-state index contributed by atoms with van der Waals surface area (Å²) in [6.45, 7) is 0. The van der Waals surface area contributed by atoms with Crippen molar-refractivity contribution in [2.75, 3.05) is 4.90 Å². The molecule has 0 aliphatic heterocycles. The number of hydrogen-bond donors (Lipinski definition) is 0. The molecule has 8 aromatic carbocycles. The van der Waals surface area contributed by atoms with E-state index in [4.69, 9.17) is 8.83 Å². The first-order chi connectivity index (χ1) is 23.3. The Labute approximate surface area is 270 Å². The van der Waals surface area contributed by atoms with Gasteiger partial charge in [0.2, 0.25) is 0 Å². The van der Waals surface area contributed by atoms with Gasteiger partial charge in [0.25, 0.3) is 0 Å². The van der Waals surface area contributed by atoms with Crippen LogP contribution in [0.3, 0.4) is 0 Å². The van der Waals surface area contributed by atoms with Crippen molar-refractivity contribution in [2.45, 2.75) is 0 Å². The number of nitrogens with zero attached hydrogens (tertiary/aromatic N) is 1. The largest absolute Gasteiger partial charge is 0.456 e. The fourth-order valence-corrected chi connectivity index (χ4v) is 7.23. The van der Waals surface area contributed by atoms with Crippen molar-refractivity contribution in [1.82, 2.24) is 0 Å². The Morgan fingerprint density at radius 1 is 0.362 bits per heavy atom. The minimum Gasteiger partial charge on any atom is -0.456 e. The number of fused-ring (bicyclic) bond motifs is 9. The van der Waals surface area contributed by atoms with Crippen LogP contribution in [0.1, 0.15) is 0 Å². The lowest BCUT2D eigenvalue weighted by atomic mass is 9.96. The zero-order chi connectivity index (χ0) is 30.9. The summed E-state index contributed by atoms with van der Waals surface area (Å²) in [6.07, 6.45) is 0. The van der Waals surface area contributed by atoms with E-state index < -0.39 is 0 Å². The van der Waals surface area contributed by atoms with E-state index >= 15 is 0 Å². The van der Waals surface area contributed by atoms with Crippen LogP contribution in [-0.2, 0) is 0 Å². The molecule has 2 heterocycles. The third-order valence-electron chi connectivity index (χ3n) is 9.41. The molecule has 0 fully saturated rings. The maximum Gasteiger partial charge on any atom is 0.137 e. The Balaban J connectivity index is 1.15. The van der Waals surface area contributed by atoms with Gasteiger partial charge in [0, 0.05) is 44.5 Å². The van der Waals surface area contributed by atoms with Gasteiger partial charge in [-0.3, -0.25) is 0 Å². The van der Waals surface area contributed by atoms with E-state index in [2.05, 4.69) is 157 Å². The molecule has 0 saturated carbocycles. The van der Waals surface area contributed by atoms with Gasteiger partial charge in [0.1, 0.15) is 22.3 Å². The highest BCUT2D eigenvalue weighted by Gasteiger charge is 2.19. The maximum atomic E-state index is 6.51. The minimum atomic E-state index is 0.869. The van der Waals surface area contributed by atoms with Crippen molar-refractivity contribution >= 4 is 82.5 Å². The zero-order valence-corrected chi connectivity index (χ0v) is 25.4. The molecule has 0 aliphatic rings. The smallest absolute Gasteiger partial charge is 0.137 e. The maximum absolute atomic E-state index is 6.51. The van der Waals surface area contributed by atoms with Crippen LogP contribution >= 0.6 is 0 Å². The number of furan rings is 2. The SMILES string of the molecule is c1ccc(N(c2ccc3c(c2)oc2cc4ccccc4cc23)c2ccccc2-c2ccc3c(ccc4oc5ccccc5c43)c2)cc1. The van der Waals surface area contributed by atoms with Crippen LogP contribution in [0.4, 0.5) is 17.1 Å². The average molecular weight is 602 g/mol. The van der Waals surface area contributed by atoms with E-state index in [0.717, 1.165) is 72.1 Å². The molecule has 2 aromatic heterocycles. The second kappa shape index (κ2) is 10.1. The summed E-state index contributed by atoms with van der Waals surface area (Å²) >= 11 is 0. The first-order valence-corrected chi connectivity index (χ1v) is 15.9. The lowest BCUT2D eigenvalue weighted by Gasteiger charge is -2.28. The van der Waals surface area contributed by atoms with Gasteiger partial charge in [0.05, 0.1) is 5.69 Å². The van der Waals surface area contributed by atoms with Crippen LogP contribution in [0.2, 0.25) is 0 Å². The third kappa shape index (κ3) is 4.07. The molecule has 0 radical (unpaired) electrons. The first kappa shape index (κ1) is 26.0. The fraction of sp³-hybridized carbons (Fsp3) is 0. The molecular weight excluding hydrogens is 574 g/mol. The van der Waals surface area contributed by atoms with Crippen LogP contribution < -0.4 is 4.90 Å². The van der Waals surface area contributed by atoms with Gasteiger partial charge < -0.3 is 13.7 Å². The van der Waals surface area contributed by atoms with Crippen LogP contribution in [0.5, 0.6) is 0 Å². The van der Waals surface area contributed by atoms with Crippen molar-refractivity contribution in [2.24, 2.45) is 0 Å². The molecule has 0 bridgehead atoms. The predicted molar refractivity (Wildman–Crippen MR) is 196 cm³/mol. The Bertz CT molecular complexity index is 2810. The van der Waals surface area contributed by atoms with Gasteiger partial charge in [-0.15, -0.1) is 0 Å². The Morgan fingerprint density at radius 3 is 2.00 bits per heavy atom. The molecule has 47 heavy (non-hydrogen) atoms. The highest BCUT2D eigenvalue weighted by molar-refractivity contribution is 6.19. The van der Waals surface area contributed by atoms with E-state index in [0.29, 0.717) is 0 Å². The van der Waals surface area contributed by atoms with Gasteiger partial charge in [-0.25, -0.2) is 0 Å². The minimum absolute atomic E-state index is 0.869. The summed E-state index contributed by atoms with van der Waals surface area (Å²) < 4.78 is 12.7. The van der Waals surface area contributed by atoms with E-state index in [-0.39, 0.29) is 0 Å². The van der Waals surface area contributed by atoms with E-state index in [1.165, 1.54) is 21.5 Å². The van der Waals surface area contributed by atoms with Crippen molar-refractivity contribution in [3.63, 3.8) is 0 Å². The van der Waals surface area contributed by atoms with Crippen molar-refractivity contribution in [3.8, 4) is 11.1 Å². The quantitative estimate of drug-likeness (QED) is 0.201. The molecule has 10 rings (SSSR count). The van der Waals surface area contributed by atoms with E-state index in [1.807, 2.05) is 12.1 Å². The lowest BCUT2D eigenvalue weighted by molar-refractivity contribution is 0.669. The van der Waals surface area contributed by atoms with Crippen LogP contribution in [0.25, 0.3) is 76.5 Å². The molecule has 10 aromatic rings. The Kier molecular flexibility index (Phi) is 5.57. The molecule has 0 saturated heterocycles. The molecular formula is C44H27NO2. The standard InChI is InChI=1S/C44H27NO2/c1-2-12-32(13-3-1)45(33-20-22-36-38-25-28-10-4-5-11-29(28)26-42(38)47-43(36)27-33)39-16-8-6-14-34(39)30-18-21-35-31(24-30)19-23-41-44(35)37-15-7-9-17-40(37)46-41/h1-27H. The zero-order valence-electron chi connectivity index (χ0n) is 25.4. The molecule has 0 amide bonds. The molecule has 220 valence electrons. The number of benzene rings is 8. The van der Waals surface area contributed by atoms with Gasteiger partial charge in [-0.2, -0.15) is 0 Å². The highest BCUT2D eigenvalue weighted by Crippen LogP contribution is 2.44. The lowest BCUT2D eigenvalue weighted by Crippen LogP contribution is -2.11. The summed E-state index contributed by atoms with van der Waals surface area (Å²) in [5, 5.41) is 9.31. The topological polar surface area (TPSA) is 29.5 Å². The monoisotopic (exact) mass is 601 g/mol. The summed E-state index contributed by atoms with van der Waals surface area (Å²) in [7, 11) is 0. The average Bonchev–Trinajstić information content (AvgIpc) is 3.69. The van der Waals surface area contributed by atoms with Gasteiger partial charge >= 0.3 is 0 Å². The van der Waals surface area contributed by atoms with Gasteiger partial charge in [0.15, 0.2) is 0 Å². The summed E-state index contributed by atoms with van der Waals surface area (Å²) in [4.78, 5) is 2.33. The number of hydrogen-bond acceptors (Lipinski definition) is 3. The van der Waals surface area contributed by atoms with Crippen molar-refractivity contribution in [3.05, 3.63) is 164 Å². The first-order valence-electron chi connectivity index (χ1n) is 15.9. The Morgan fingerprint density at radius 2 is 1.09 bits per heavy atom. The highest BCUT2D eigenvalue weighted by atomic mass is 16.3. The predicted octanol–water partition coefficient (Wildman–Crippen LogP) is 12.9. The van der Waals surface area contributed by atoms with Crippen LogP contribution in [0, 0.1) is 0 Å². The summed E-state index contributed by atoms with van der Waals surface area (Å²) in [5.74, 6) is 0. The van der Waals surface area contributed by atoms with Crippen LogP contribution in [0.15, 0.2) is 173 Å². The molecule has 3 nitrogen and oxygen atoms in total. The molecule has 0 N–H and O–H groups in total. The van der Waals surface area contributed by atoms with Gasteiger partial charge in [-0.05, 0) is 87.8 Å². The second-order valence-electron chi connectivity index (χ2n) is 12.1. The van der Waals surface area contributed by atoms with E-state index in [9.17, 15) is 0 Å². The number of para-hydroxylation sites is 3. The third-order valence-corrected chi connectivity index (χ3v) is 9.41. The van der Waals surface area contributed by atoms with Crippen molar-refractivity contribution in [1.29, 1.82) is 0 Å². The van der Waals surface area contributed by atoms with Crippen molar-refractivity contribution < 1.29 is 8.83 Å². The summed E-state index contributed by atoms with van der Waals surface area (Å²) in [6, 6.07) is 57.9. The molecule has 0 aliphatic carbocycles. The molecule has 3 heteroatoms. The van der Waals surface area contributed by atoms with Crippen LogP contribution in [-0.4, -0.2) is 0 Å². The van der Waals surface area contributed by atoms with Gasteiger partial charge in [-0.1, -0.05) is 97.1 Å². The summed E-state index contributed by atoms with van der Waals surface area (Å²) in [5.41, 5.74) is 9.10. The molecule has 0 atom stereocenters.